The Morgan fingerprint density at radius 3 is 2.39 bits per heavy atom. The zero-order valence-electron chi connectivity index (χ0n) is 15.0. The molecule has 3 aromatic rings. The van der Waals surface area contributed by atoms with Crippen molar-refractivity contribution >= 4 is 17.3 Å². The second-order valence-corrected chi connectivity index (χ2v) is 6.72. The van der Waals surface area contributed by atoms with E-state index in [0.29, 0.717) is 17.2 Å². The molecule has 0 saturated heterocycles. The molecule has 0 spiro atoms. The van der Waals surface area contributed by atoms with Crippen LogP contribution in [0.1, 0.15) is 27.9 Å². The summed E-state index contributed by atoms with van der Waals surface area (Å²) in [7, 11) is 0. The molecule has 1 aliphatic rings. The molecule has 0 atom stereocenters. The molecule has 6 nitrogen and oxygen atoms in total. The van der Waals surface area contributed by atoms with Gasteiger partial charge in [-0.25, -0.2) is 4.79 Å². The molecule has 6 heteroatoms. The first kappa shape index (κ1) is 17.7. The Kier molecular flexibility index (Phi) is 4.53. The first-order chi connectivity index (χ1) is 13.5. The lowest BCUT2D eigenvalue weighted by molar-refractivity contribution is 0.0697. The number of phenolic OH excluding ortho intramolecular Hbond substituents is 2. The summed E-state index contributed by atoms with van der Waals surface area (Å²) in [5.41, 5.74) is 3.41. The van der Waals surface area contributed by atoms with Crippen molar-refractivity contribution in [3.8, 4) is 23.0 Å². The van der Waals surface area contributed by atoms with Crippen LogP contribution >= 0.6 is 0 Å². The third-order valence-corrected chi connectivity index (χ3v) is 4.75. The summed E-state index contributed by atoms with van der Waals surface area (Å²) < 4.78 is 5.84. The molecule has 0 radical (unpaired) electrons. The van der Waals surface area contributed by atoms with Gasteiger partial charge < -0.3 is 25.4 Å². The Bertz CT molecular complexity index is 1060. The van der Waals surface area contributed by atoms with E-state index in [1.165, 1.54) is 6.07 Å². The van der Waals surface area contributed by atoms with Crippen LogP contribution in [0.25, 0.3) is 0 Å². The van der Waals surface area contributed by atoms with Gasteiger partial charge >= 0.3 is 5.97 Å². The first-order valence-electron chi connectivity index (χ1n) is 8.96. The molecule has 3 aromatic carbocycles. The van der Waals surface area contributed by atoms with Crippen LogP contribution in [0.3, 0.4) is 0 Å². The van der Waals surface area contributed by atoms with Crippen molar-refractivity contribution in [2.75, 3.05) is 5.32 Å². The van der Waals surface area contributed by atoms with E-state index < -0.39 is 5.97 Å². The highest BCUT2D eigenvalue weighted by molar-refractivity contribution is 5.98. The van der Waals surface area contributed by atoms with Crippen molar-refractivity contribution in [3.63, 3.8) is 0 Å². The smallest absolute Gasteiger partial charge is 0.337 e. The molecule has 0 aliphatic carbocycles. The number of aryl methyl sites for hydroxylation is 2. The number of carbonyl (C=O) groups is 1. The van der Waals surface area contributed by atoms with Gasteiger partial charge in [0.15, 0.2) is 23.0 Å². The second-order valence-electron chi connectivity index (χ2n) is 6.72. The van der Waals surface area contributed by atoms with E-state index in [-0.39, 0.29) is 17.1 Å². The zero-order valence-corrected chi connectivity index (χ0v) is 15.0. The van der Waals surface area contributed by atoms with Gasteiger partial charge in [0.25, 0.3) is 0 Å². The van der Waals surface area contributed by atoms with Crippen LogP contribution in [0.5, 0.6) is 23.0 Å². The minimum atomic E-state index is -1.01. The number of carboxylic acid groups (broad SMARTS) is 1. The number of para-hydroxylation sites is 1. The molecular weight excluding hydrogens is 358 g/mol. The van der Waals surface area contributed by atoms with Crippen LogP contribution in [0, 0.1) is 0 Å². The standard InChI is InChI=1S/C22H19NO5/c24-17-9-7-14(12-18(17)25)4-1-3-13-8-10-19-16(11-13)23-21-15(22(26)27)5-2-6-20(21)28-19/h2,5-12,23-25H,1,3-4H2,(H,26,27). The van der Waals surface area contributed by atoms with Crippen molar-refractivity contribution in [3.05, 3.63) is 71.3 Å². The summed E-state index contributed by atoms with van der Waals surface area (Å²) in [4.78, 5) is 11.4. The van der Waals surface area contributed by atoms with Crippen molar-refractivity contribution in [1.29, 1.82) is 0 Å². The van der Waals surface area contributed by atoms with Crippen molar-refractivity contribution in [2.45, 2.75) is 19.3 Å². The van der Waals surface area contributed by atoms with Gasteiger partial charge in [-0.1, -0.05) is 18.2 Å². The summed E-state index contributed by atoms with van der Waals surface area (Å²) in [6, 6.07) is 15.6. The number of fused-ring (bicyclic) bond motifs is 2. The Balaban J connectivity index is 1.47. The van der Waals surface area contributed by atoms with Crippen LogP contribution in [0.4, 0.5) is 11.4 Å². The molecule has 0 saturated carbocycles. The Morgan fingerprint density at radius 2 is 1.64 bits per heavy atom. The number of benzene rings is 3. The van der Waals surface area contributed by atoms with Crippen LogP contribution in [0.2, 0.25) is 0 Å². The lowest BCUT2D eigenvalue weighted by atomic mass is 10.0. The first-order valence-corrected chi connectivity index (χ1v) is 8.96. The fourth-order valence-electron chi connectivity index (χ4n) is 3.32. The molecule has 28 heavy (non-hydrogen) atoms. The van der Waals surface area contributed by atoms with Gasteiger partial charge in [-0.3, -0.25) is 0 Å². The summed E-state index contributed by atoms with van der Waals surface area (Å²) >= 11 is 0. The van der Waals surface area contributed by atoms with Crippen LogP contribution in [-0.2, 0) is 12.8 Å². The van der Waals surface area contributed by atoms with Crippen LogP contribution in [-0.4, -0.2) is 21.3 Å². The molecule has 4 N–H and O–H groups in total. The van der Waals surface area contributed by atoms with Gasteiger partial charge in [0.05, 0.1) is 16.9 Å². The van der Waals surface area contributed by atoms with E-state index in [4.69, 9.17) is 4.74 Å². The van der Waals surface area contributed by atoms with E-state index in [2.05, 4.69) is 5.32 Å². The maximum Gasteiger partial charge on any atom is 0.337 e. The highest BCUT2D eigenvalue weighted by Gasteiger charge is 2.22. The van der Waals surface area contributed by atoms with E-state index in [9.17, 15) is 20.1 Å². The number of carboxylic acids is 1. The number of anilines is 2. The normalized spacial score (nSPS) is 11.7. The topological polar surface area (TPSA) is 99.0 Å². The molecule has 0 bridgehead atoms. The summed E-state index contributed by atoms with van der Waals surface area (Å²) in [6.45, 7) is 0. The molecule has 0 fully saturated rings. The number of ether oxygens (including phenoxy) is 1. The quantitative estimate of drug-likeness (QED) is 0.372. The molecular formula is C22H19NO5. The molecule has 0 unspecified atom stereocenters. The van der Waals surface area contributed by atoms with Gasteiger partial charge in [-0.05, 0) is 66.8 Å². The summed E-state index contributed by atoms with van der Waals surface area (Å²) in [5.74, 6) is -0.0923. The number of rotatable bonds is 5. The average molecular weight is 377 g/mol. The zero-order chi connectivity index (χ0) is 19.7. The van der Waals surface area contributed by atoms with Crippen molar-refractivity contribution in [2.24, 2.45) is 0 Å². The second kappa shape index (κ2) is 7.15. The van der Waals surface area contributed by atoms with Gasteiger partial charge in [0, 0.05) is 0 Å². The van der Waals surface area contributed by atoms with E-state index in [0.717, 1.165) is 36.1 Å². The van der Waals surface area contributed by atoms with Gasteiger partial charge in [-0.15, -0.1) is 0 Å². The number of aromatic hydroxyl groups is 2. The Hall–Kier alpha value is -3.67. The average Bonchev–Trinajstić information content (AvgIpc) is 2.68. The number of aromatic carboxylic acids is 1. The Morgan fingerprint density at radius 1 is 0.893 bits per heavy atom. The van der Waals surface area contributed by atoms with Crippen LogP contribution in [0.15, 0.2) is 54.6 Å². The third kappa shape index (κ3) is 3.44. The largest absolute Gasteiger partial charge is 0.504 e. The predicted octanol–water partition coefficient (Wildman–Crippen LogP) is 4.82. The number of hydrogen-bond acceptors (Lipinski definition) is 5. The Labute approximate surface area is 161 Å². The maximum atomic E-state index is 11.4. The van der Waals surface area contributed by atoms with Crippen LogP contribution < -0.4 is 10.1 Å². The molecule has 4 rings (SSSR count). The monoisotopic (exact) mass is 377 g/mol. The minimum absolute atomic E-state index is 0.111. The highest BCUT2D eigenvalue weighted by atomic mass is 16.5. The predicted molar refractivity (Wildman–Crippen MR) is 105 cm³/mol. The van der Waals surface area contributed by atoms with E-state index in [1.54, 1.807) is 30.3 Å². The van der Waals surface area contributed by atoms with E-state index >= 15 is 0 Å². The SMILES string of the molecule is O=C(O)c1cccc2c1Nc1cc(CCCc3ccc(O)c(O)c3)ccc1O2. The molecule has 142 valence electrons. The fourth-order valence-corrected chi connectivity index (χ4v) is 3.32. The lowest BCUT2D eigenvalue weighted by Crippen LogP contribution is -2.09. The third-order valence-electron chi connectivity index (χ3n) is 4.75. The van der Waals surface area contributed by atoms with Gasteiger partial charge in [0.1, 0.15) is 0 Å². The number of nitrogens with one attached hydrogen (secondary N) is 1. The summed E-state index contributed by atoms with van der Waals surface area (Å²) in [6.07, 6.45) is 2.44. The molecule has 1 heterocycles. The fraction of sp³-hybridized carbons (Fsp3) is 0.136. The molecule has 0 aromatic heterocycles. The molecule has 1 aliphatic heterocycles. The van der Waals surface area contributed by atoms with E-state index in [1.807, 2.05) is 18.2 Å². The summed E-state index contributed by atoms with van der Waals surface area (Å²) in [5, 5.41) is 31.5. The van der Waals surface area contributed by atoms with Crippen molar-refractivity contribution in [1.82, 2.24) is 0 Å². The van der Waals surface area contributed by atoms with Gasteiger partial charge in [0.2, 0.25) is 0 Å². The number of phenols is 2. The number of hydrogen-bond donors (Lipinski definition) is 4. The lowest BCUT2D eigenvalue weighted by Gasteiger charge is -2.23. The maximum absolute atomic E-state index is 11.4. The highest BCUT2D eigenvalue weighted by Crippen LogP contribution is 2.43. The van der Waals surface area contributed by atoms with Gasteiger partial charge in [-0.2, -0.15) is 0 Å². The van der Waals surface area contributed by atoms with Crippen molar-refractivity contribution < 1.29 is 24.9 Å². The molecule has 0 amide bonds. The minimum Gasteiger partial charge on any atom is -0.504 e.